The van der Waals surface area contributed by atoms with Crippen LogP contribution in [0.4, 0.5) is 11.6 Å². The zero-order chi connectivity index (χ0) is 18.1. The van der Waals surface area contributed by atoms with E-state index in [2.05, 4.69) is 31.3 Å². The second kappa shape index (κ2) is 6.40. The van der Waals surface area contributed by atoms with Gasteiger partial charge in [-0.05, 0) is 54.8 Å². The van der Waals surface area contributed by atoms with E-state index in [-0.39, 0.29) is 5.56 Å². The number of benzene rings is 1. The molecule has 0 bridgehead atoms. The van der Waals surface area contributed by atoms with Crippen molar-refractivity contribution < 1.29 is 0 Å². The number of aryl methyl sites for hydroxylation is 2. The summed E-state index contributed by atoms with van der Waals surface area (Å²) >= 11 is 0. The molecule has 3 aromatic heterocycles. The summed E-state index contributed by atoms with van der Waals surface area (Å²) in [6.07, 6.45) is 5.05. The van der Waals surface area contributed by atoms with E-state index >= 15 is 0 Å². The Labute approximate surface area is 150 Å². The van der Waals surface area contributed by atoms with E-state index in [4.69, 9.17) is 0 Å². The molecule has 1 aromatic carbocycles. The minimum absolute atomic E-state index is 0.234. The van der Waals surface area contributed by atoms with Gasteiger partial charge in [0.05, 0.1) is 5.39 Å². The van der Waals surface area contributed by atoms with Crippen LogP contribution in [0.1, 0.15) is 11.1 Å². The Morgan fingerprint density at radius 1 is 1.00 bits per heavy atom. The van der Waals surface area contributed by atoms with Gasteiger partial charge in [0.1, 0.15) is 0 Å². The molecule has 4 aromatic rings. The highest BCUT2D eigenvalue weighted by Gasteiger charge is 2.12. The number of H-pyrrole nitrogens is 1. The smallest absolute Gasteiger partial charge is 0.262 e. The Kier molecular flexibility index (Phi) is 3.93. The lowest BCUT2D eigenvalue weighted by atomic mass is 10.1. The van der Waals surface area contributed by atoms with Crippen LogP contribution >= 0.6 is 0 Å². The lowest BCUT2D eigenvalue weighted by Gasteiger charge is -2.10. The minimum Gasteiger partial charge on any atom is -0.325 e. The molecule has 0 aliphatic rings. The Hall–Kier alpha value is -3.54. The highest BCUT2D eigenvalue weighted by molar-refractivity contribution is 5.92. The van der Waals surface area contributed by atoms with Crippen LogP contribution in [0.25, 0.3) is 22.2 Å². The maximum atomic E-state index is 12.7. The molecule has 0 saturated carbocycles. The van der Waals surface area contributed by atoms with Crippen molar-refractivity contribution in [1.29, 1.82) is 0 Å². The molecule has 0 unspecified atom stereocenters. The van der Waals surface area contributed by atoms with E-state index in [0.717, 1.165) is 22.4 Å². The van der Waals surface area contributed by atoms with Gasteiger partial charge in [-0.1, -0.05) is 17.7 Å². The average Bonchev–Trinajstić information content (AvgIpc) is 2.64. The predicted octanol–water partition coefficient (Wildman–Crippen LogP) is 3.74. The summed E-state index contributed by atoms with van der Waals surface area (Å²) in [5, 5.41) is 3.64. The fraction of sp³-hybridized carbons (Fsp3) is 0.100. The SMILES string of the molecule is Cc1ccc(Nc2nc3nccc(-c4ccncc4)c3c(=O)[nH]2)c(C)c1. The lowest BCUT2D eigenvalue weighted by molar-refractivity contribution is 1.14. The molecule has 26 heavy (non-hydrogen) atoms. The van der Waals surface area contributed by atoms with Crippen molar-refractivity contribution in [3.05, 3.63) is 76.5 Å². The summed E-state index contributed by atoms with van der Waals surface area (Å²) in [5.74, 6) is 0.369. The molecule has 0 amide bonds. The fourth-order valence-corrected chi connectivity index (χ4v) is 2.98. The molecule has 0 saturated heterocycles. The largest absolute Gasteiger partial charge is 0.325 e. The zero-order valence-corrected chi connectivity index (χ0v) is 14.4. The fourth-order valence-electron chi connectivity index (χ4n) is 2.98. The van der Waals surface area contributed by atoms with Crippen LogP contribution in [0.2, 0.25) is 0 Å². The van der Waals surface area contributed by atoms with Gasteiger partial charge in [0.2, 0.25) is 5.95 Å². The Morgan fingerprint density at radius 2 is 1.81 bits per heavy atom. The lowest BCUT2D eigenvalue weighted by Crippen LogP contribution is -2.13. The normalized spacial score (nSPS) is 10.8. The first-order chi connectivity index (χ1) is 12.6. The summed E-state index contributed by atoms with van der Waals surface area (Å²) in [5.41, 5.74) is 4.99. The predicted molar refractivity (Wildman–Crippen MR) is 103 cm³/mol. The highest BCUT2D eigenvalue weighted by atomic mass is 16.1. The number of pyridine rings is 2. The summed E-state index contributed by atoms with van der Waals surface area (Å²) in [7, 11) is 0. The summed E-state index contributed by atoms with van der Waals surface area (Å²) < 4.78 is 0. The molecule has 3 heterocycles. The number of nitrogens with zero attached hydrogens (tertiary/aromatic N) is 3. The molecule has 0 aliphatic heterocycles. The van der Waals surface area contributed by atoms with Gasteiger partial charge in [0.15, 0.2) is 5.65 Å². The Bertz CT molecular complexity index is 1150. The van der Waals surface area contributed by atoms with E-state index in [0.29, 0.717) is 17.0 Å². The molecule has 0 atom stereocenters. The molecule has 6 heteroatoms. The Balaban J connectivity index is 1.82. The number of hydrogen-bond acceptors (Lipinski definition) is 5. The van der Waals surface area contributed by atoms with Crippen LogP contribution in [0.15, 0.2) is 59.8 Å². The van der Waals surface area contributed by atoms with Crippen molar-refractivity contribution in [2.75, 3.05) is 5.32 Å². The third kappa shape index (κ3) is 2.93. The number of aromatic nitrogens is 4. The van der Waals surface area contributed by atoms with Crippen LogP contribution in [0.5, 0.6) is 0 Å². The summed E-state index contributed by atoms with van der Waals surface area (Å²) in [4.78, 5) is 28.3. The van der Waals surface area contributed by atoms with Gasteiger partial charge in [-0.3, -0.25) is 14.8 Å². The van der Waals surface area contributed by atoms with Gasteiger partial charge in [0, 0.05) is 24.3 Å². The molecule has 4 rings (SSSR count). The Morgan fingerprint density at radius 3 is 2.58 bits per heavy atom. The standard InChI is InChI=1S/C20H17N5O/c1-12-3-4-16(13(2)11-12)23-20-24-18-17(19(26)25-20)15(7-10-22-18)14-5-8-21-9-6-14/h3-11H,1-2H3,(H2,22,23,24,25,26). The second-order valence-electron chi connectivity index (χ2n) is 6.15. The van der Waals surface area contributed by atoms with E-state index in [1.165, 1.54) is 5.56 Å². The van der Waals surface area contributed by atoms with Crippen LogP contribution in [-0.2, 0) is 0 Å². The van der Waals surface area contributed by atoms with Gasteiger partial charge in [-0.15, -0.1) is 0 Å². The van der Waals surface area contributed by atoms with E-state index in [1.807, 2.05) is 44.2 Å². The van der Waals surface area contributed by atoms with E-state index < -0.39 is 0 Å². The van der Waals surface area contributed by atoms with Crippen molar-refractivity contribution in [2.24, 2.45) is 0 Å². The van der Waals surface area contributed by atoms with Crippen molar-refractivity contribution >= 4 is 22.7 Å². The molecule has 6 nitrogen and oxygen atoms in total. The number of fused-ring (bicyclic) bond motifs is 1. The van der Waals surface area contributed by atoms with Crippen LogP contribution in [-0.4, -0.2) is 19.9 Å². The number of hydrogen-bond donors (Lipinski definition) is 2. The summed E-state index contributed by atoms with van der Waals surface area (Å²) in [6, 6.07) is 11.6. The summed E-state index contributed by atoms with van der Waals surface area (Å²) in [6.45, 7) is 4.05. The van der Waals surface area contributed by atoms with Crippen molar-refractivity contribution in [2.45, 2.75) is 13.8 Å². The monoisotopic (exact) mass is 343 g/mol. The van der Waals surface area contributed by atoms with Gasteiger partial charge in [-0.25, -0.2) is 4.98 Å². The molecule has 0 spiro atoms. The first-order valence-electron chi connectivity index (χ1n) is 8.25. The average molecular weight is 343 g/mol. The van der Waals surface area contributed by atoms with Crippen molar-refractivity contribution in [1.82, 2.24) is 19.9 Å². The zero-order valence-electron chi connectivity index (χ0n) is 14.4. The molecule has 2 N–H and O–H groups in total. The van der Waals surface area contributed by atoms with Gasteiger partial charge >= 0.3 is 0 Å². The first-order valence-corrected chi connectivity index (χ1v) is 8.25. The molecular weight excluding hydrogens is 326 g/mol. The van der Waals surface area contributed by atoms with Crippen LogP contribution < -0.4 is 10.9 Å². The van der Waals surface area contributed by atoms with Crippen LogP contribution in [0, 0.1) is 13.8 Å². The molecule has 0 fully saturated rings. The van der Waals surface area contributed by atoms with Gasteiger partial charge in [-0.2, -0.15) is 4.98 Å². The number of rotatable bonds is 3. The van der Waals surface area contributed by atoms with Gasteiger partial charge in [0.25, 0.3) is 5.56 Å². The van der Waals surface area contributed by atoms with E-state index in [9.17, 15) is 4.79 Å². The molecule has 0 aliphatic carbocycles. The third-order valence-corrected chi connectivity index (χ3v) is 4.23. The topological polar surface area (TPSA) is 83.6 Å². The van der Waals surface area contributed by atoms with Gasteiger partial charge < -0.3 is 5.32 Å². The number of anilines is 2. The van der Waals surface area contributed by atoms with Crippen LogP contribution in [0.3, 0.4) is 0 Å². The highest BCUT2D eigenvalue weighted by Crippen LogP contribution is 2.25. The number of aromatic amines is 1. The first kappa shape index (κ1) is 16.0. The maximum absolute atomic E-state index is 12.7. The van der Waals surface area contributed by atoms with Crippen molar-refractivity contribution in [3.8, 4) is 11.1 Å². The minimum atomic E-state index is -0.234. The number of nitrogens with one attached hydrogen (secondary N) is 2. The molecule has 0 radical (unpaired) electrons. The van der Waals surface area contributed by atoms with E-state index in [1.54, 1.807) is 18.6 Å². The van der Waals surface area contributed by atoms with Crippen molar-refractivity contribution in [3.63, 3.8) is 0 Å². The maximum Gasteiger partial charge on any atom is 0.262 e. The third-order valence-electron chi connectivity index (χ3n) is 4.23. The second-order valence-corrected chi connectivity index (χ2v) is 6.15. The molecule has 128 valence electrons. The quantitative estimate of drug-likeness (QED) is 0.592. The molecular formula is C20H17N5O.